The van der Waals surface area contributed by atoms with Gasteiger partial charge in [-0.15, -0.1) is 0 Å². The number of nitrogens with zero attached hydrogens (tertiary/aromatic N) is 1. The molecule has 0 aromatic carbocycles. The molecule has 0 amide bonds. The van der Waals surface area contributed by atoms with Crippen LogP contribution in [0.4, 0.5) is 0 Å². The van der Waals surface area contributed by atoms with Crippen molar-refractivity contribution in [3.8, 4) is 0 Å². The van der Waals surface area contributed by atoms with Crippen molar-refractivity contribution >= 4 is 20.1 Å². The first-order valence-electron chi connectivity index (χ1n) is 5.23. The Hall–Kier alpha value is -0.331. The maximum absolute atomic E-state index is 3.81. The molecule has 1 aliphatic rings. The number of hydrogen-bond donors (Lipinski definition) is 0. The fourth-order valence-corrected chi connectivity index (χ4v) is 2.75. The molecule has 78 valence electrons. The van der Waals surface area contributed by atoms with Crippen LogP contribution in [0, 0.1) is 0 Å². The van der Waals surface area contributed by atoms with E-state index in [-0.39, 0.29) is 0 Å². The van der Waals surface area contributed by atoms with Crippen LogP contribution in [0.15, 0.2) is 23.8 Å². The third kappa shape index (κ3) is 2.83. The van der Waals surface area contributed by atoms with Crippen molar-refractivity contribution in [2.24, 2.45) is 0 Å². The van der Waals surface area contributed by atoms with Gasteiger partial charge in [-0.25, -0.2) is 0 Å². The Morgan fingerprint density at radius 1 is 1.36 bits per heavy atom. The number of allylic oxidation sites excluding steroid dienone is 2. The molecule has 0 bridgehead atoms. The summed E-state index contributed by atoms with van der Waals surface area (Å²) in [5.41, 5.74) is 2.81. The van der Waals surface area contributed by atoms with E-state index in [1.54, 1.807) is 0 Å². The first kappa shape index (κ1) is 11.7. The van der Waals surface area contributed by atoms with Crippen LogP contribution in [0.3, 0.4) is 0 Å². The molecule has 1 aliphatic heterocycles. The van der Waals surface area contributed by atoms with E-state index in [9.17, 15) is 0 Å². The third-order valence-electron chi connectivity index (χ3n) is 2.60. The van der Waals surface area contributed by atoms with Crippen LogP contribution in [0.25, 0.3) is 0 Å². The van der Waals surface area contributed by atoms with Gasteiger partial charge in [-0.05, 0) is 0 Å². The molecular weight excluding hydrogens is 237 g/mol. The molecule has 1 fully saturated rings. The molecule has 0 radical (unpaired) electrons. The summed E-state index contributed by atoms with van der Waals surface area (Å²) < 4.78 is 1.34. The molecule has 0 aliphatic carbocycles. The van der Waals surface area contributed by atoms with Gasteiger partial charge in [-0.3, -0.25) is 0 Å². The Kier molecular flexibility index (Phi) is 4.64. The molecule has 0 unspecified atom stereocenters. The van der Waals surface area contributed by atoms with E-state index in [2.05, 4.69) is 40.9 Å². The first-order valence-corrected chi connectivity index (χ1v) is 6.09. The molecule has 0 saturated carbocycles. The first-order chi connectivity index (χ1) is 6.66. The minimum atomic E-state index is 0.973. The second-order valence-electron chi connectivity index (χ2n) is 3.97. The SMILES string of the molecule is C=CCC(C(=[Se])N1CCCC1)=C(C)C. The van der Waals surface area contributed by atoms with Crippen molar-refractivity contribution in [3.63, 3.8) is 0 Å². The van der Waals surface area contributed by atoms with E-state index in [1.165, 1.54) is 41.6 Å². The molecular formula is C12H19NSe. The summed E-state index contributed by atoms with van der Waals surface area (Å²) in [6, 6.07) is 0. The summed E-state index contributed by atoms with van der Waals surface area (Å²) in [4.78, 5) is 2.45. The van der Waals surface area contributed by atoms with Gasteiger partial charge in [0.05, 0.1) is 0 Å². The predicted molar refractivity (Wildman–Crippen MR) is 64.8 cm³/mol. The average molecular weight is 256 g/mol. The summed E-state index contributed by atoms with van der Waals surface area (Å²) in [5.74, 6) is 0. The van der Waals surface area contributed by atoms with Crippen LogP contribution in [0.5, 0.6) is 0 Å². The van der Waals surface area contributed by atoms with Crippen molar-refractivity contribution in [1.82, 2.24) is 4.90 Å². The molecule has 0 aromatic rings. The molecule has 0 atom stereocenters. The minimum absolute atomic E-state index is 0.973. The van der Waals surface area contributed by atoms with Crippen LogP contribution in [0.1, 0.15) is 33.1 Å². The molecule has 1 heterocycles. The Labute approximate surface area is 95.2 Å². The predicted octanol–water partition coefficient (Wildman–Crippen LogP) is 2.29. The zero-order chi connectivity index (χ0) is 10.6. The monoisotopic (exact) mass is 257 g/mol. The Bertz CT molecular complexity index is 255. The summed E-state index contributed by atoms with van der Waals surface area (Å²) in [7, 11) is 0. The second kappa shape index (κ2) is 5.53. The Balaban J connectivity index is 2.73. The topological polar surface area (TPSA) is 3.24 Å². The van der Waals surface area contributed by atoms with Gasteiger partial charge < -0.3 is 0 Å². The third-order valence-corrected chi connectivity index (χ3v) is 3.66. The summed E-state index contributed by atoms with van der Waals surface area (Å²) in [5, 5.41) is 0. The van der Waals surface area contributed by atoms with Crippen LogP contribution in [0.2, 0.25) is 0 Å². The van der Waals surface area contributed by atoms with Gasteiger partial charge in [-0.2, -0.15) is 0 Å². The zero-order valence-electron chi connectivity index (χ0n) is 9.18. The van der Waals surface area contributed by atoms with E-state index in [4.69, 9.17) is 0 Å². The van der Waals surface area contributed by atoms with E-state index < -0.39 is 0 Å². The van der Waals surface area contributed by atoms with Gasteiger partial charge in [0.2, 0.25) is 0 Å². The fourth-order valence-electron chi connectivity index (χ4n) is 1.76. The normalized spacial score (nSPS) is 15.4. The van der Waals surface area contributed by atoms with Gasteiger partial charge in [0.15, 0.2) is 0 Å². The quantitative estimate of drug-likeness (QED) is 0.551. The molecule has 0 aromatic heterocycles. The van der Waals surface area contributed by atoms with Crippen molar-refractivity contribution in [2.45, 2.75) is 33.1 Å². The van der Waals surface area contributed by atoms with Gasteiger partial charge in [-0.1, -0.05) is 0 Å². The van der Waals surface area contributed by atoms with E-state index in [0.29, 0.717) is 0 Å². The van der Waals surface area contributed by atoms with Crippen molar-refractivity contribution in [2.75, 3.05) is 13.1 Å². The zero-order valence-corrected chi connectivity index (χ0v) is 10.9. The standard InChI is InChI=1S/C12H19NSe/c1-4-7-11(10(2)3)12(14)13-8-5-6-9-13/h4H,1,5-9H2,2-3H3. The van der Waals surface area contributed by atoms with Gasteiger partial charge >= 0.3 is 95.0 Å². The van der Waals surface area contributed by atoms with Crippen molar-refractivity contribution in [1.29, 1.82) is 0 Å². The van der Waals surface area contributed by atoms with Gasteiger partial charge in [0.1, 0.15) is 0 Å². The summed E-state index contributed by atoms with van der Waals surface area (Å²) >= 11 is 3.22. The van der Waals surface area contributed by atoms with E-state index in [0.717, 1.165) is 6.42 Å². The molecule has 14 heavy (non-hydrogen) atoms. The van der Waals surface area contributed by atoms with E-state index >= 15 is 0 Å². The fraction of sp³-hybridized carbons (Fsp3) is 0.583. The van der Waals surface area contributed by atoms with Crippen LogP contribution in [-0.4, -0.2) is 38.1 Å². The summed E-state index contributed by atoms with van der Waals surface area (Å²) in [6.07, 6.45) is 5.61. The Morgan fingerprint density at radius 2 is 1.93 bits per heavy atom. The average Bonchev–Trinajstić information content (AvgIpc) is 2.65. The van der Waals surface area contributed by atoms with Gasteiger partial charge in [0, 0.05) is 0 Å². The Morgan fingerprint density at radius 3 is 2.36 bits per heavy atom. The van der Waals surface area contributed by atoms with Gasteiger partial charge in [0.25, 0.3) is 0 Å². The molecule has 2 heteroatoms. The van der Waals surface area contributed by atoms with Crippen molar-refractivity contribution in [3.05, 3.63) is 23.8 Å². The number of rotatable bonds is 4. The second-order valence-corrected chi connectivity index (χ2v) is 4.78. The van der Waals surface area contributed by atoms with E-state index in [1.807, 2.05) is 6.08 Å². The maximum atomic E-state index is 3.81. The van der Waals surface area contributed by atoms with Crippen LogP contribution < -0.4 is 0 Å². The van der Waals surface area contributed by atoms with Crippen molar-refractivity contribution < 1.29 is 0 Å². The molecule has 1 nitrogen and oxygen atoms in total. The summed E-state index contributed by atoms with van der Waals surface area (Å²) in [6.45, 7) is 10.6. The number of hydrogen-bond acceptors (Lipinski definition) is 1. The van der Waals surface area contributed by atoms with Crippen LogP contribution >= 0.6 is 0 Å². The number of likely N-dealkylation sites (tertiary alicyclic amines) is 1. The molecule has 0 N–H and O–H groups in total. The van der Waals surface area contributed by atoms with Crippen LogP contribution in [-0.2, 0) is 0 Å². The molecule has 1 saturated heterocycles. The molecule has 0 spiro atoms. The molecule has 1 rings (SSSR count).